The number of ether oxygens (including phenoxy) is 1. The van der Waals surface area contributed by atoms with Gasteiger partial charge in [-0.3, -0.25) is 4.90 Å². The number of amides is 1. The zero-order valence-electron chi connectivity index (χ0n) is 14.5. The average molecular weight is 327 g/mol. The Hall–Kier alpha value is -1.30. The van der Waals surface area contributed by atoms with Crippen LogP contribution in [0.4, 0.5) is 4.79 Å². The molecule has 1 saturated carbocycles. The first kappa shape index (κ1) is 18.0. The van der Waals surface area contributed by atoms with Gasteiger partial charge >= 0.3 is 12.1 Å². The van der Waals surface area contributed by atoms with E-state index in [1.165, 1.54) is 4.90 Å². The van der Waals surface area contributed by atoms with E-state index in [1.807, 2.05) is 6.92 Å². The molecule has 1 amide bonds. The van der Waals surface area contributed by atoms with E-state index in [0.29, 0.717) is 19.3 Å². The lowest BCUT2D eigenvalue weighted by molar-refractivity contribution is -0.150. The Morgan fingerprint density at radius 1 is 1.22 bits per heavy atom. The van der Waals surface area contributed by atoms with E-state index in [9.17, 15) is 19.8 Å². The summed E-state index contributed by atoms with van der Waals surface area (Å²) in [5, 5.41) is 19.5. The van der Waals surface area contributed by atoms with Gasteiger partial charge in [-0.25, -0.2) is 9.59 Å². The number of hydrogen-bond donors (Lipinski definition) is 2. The Morgan fingerprint density at radius 2 is 1.87 bits per heavy atom. The highest BCUT2D eigenvalue weighted by molar-refractivity contribution is 5.80. The van der Waals surface area contributed by atoms with Gasteiger partial charge in [0, 0.05) is 6.04 Å². The average Bonchev–Trinajstić information content (AvgIpc) is 2.42. The number of rotatable bonds is 2. The lowest BCUT2D eigenvalue weighted by Gasteiger charge is -2.50. The largest absolute Gasteiger partial charge is 0.480 e. The molecule has 2 fully saturated rings. The minimum Gasteiger partial charge on any atom is -0.480 e. The molecular weight excluding hydrogens is 298 g/mol. The predicted octanol–water partition coefficient (Wildman–Crippen LogP) is 2.64. The summed E-state index contributed by atoms with van der Waals surface area (Å²) in [7, 11) is 0. The van der Waals surface area contributed by atoms with Crippen molar-refractivity contribution in [1.82, 2.24) is 4.90 Å². The topological polar surface area (TPSA) is 87.1 Å². The maximum Gasteiger partial charge on any atom is 0.411 e. The van der Waals surface area contributed by atoms with Gasteiger partial charge in [0.25, 0.3) is 0 Å². The summed E-state index contributed by atoms with van der Waals surface area (Å²) in [6.07, 6.45) is 2.38. The fraction of sp³-hybridized carbons (Fsp3) is 0.882. The van der Waals surface area contributed by atoms with Crippen LogP contribution in [0.1, 0.15) is 59.8 Å². The smallest absolute Gasteiger partial charge is 0.411 e. The van der Waals surface area contributed by atoms with Crippen molar-refractivity contribution in [2.75, 3.05) is 0 Å². The molecule has 6 nitrogen and oxygen atoms in total. The second-order valence-corrected chi connectivity index (χ2v) is 7.84. The van der Waals surface area contributed by atoms with E-state index in [2.05, 4.69) is 0 Å². The monoisotopic (exact) mass is 327 g/mol. The molecule has 1 heterocycles. The molecule has 2 rings (SSSR count). The third-order valence-corrected chi connectivity index (χ3v) is 5.03. The maximum absolute atomic E-state index is 12.6. The number of fused-ring (bicyclic) bond motifs is 1. The van der Waals surface area contributed by atoms with E-state index < -0.39 is 23.7 Å². The van der Waals surface area contributed by atoms with E-state index in [1.54, 1.807) is 20.8 Å². The van der Waals surface area contributed by atoms with Gasteiger partial charge in [-0.1, -0.05) is 6.92 Å². The van der Waals surface area contributed by atoms with Gasteiger partial charge in [-0.05, 0) is 64.7 Å². The van der Waals surface area contributed by atoms with Crippen LogP contribution in [0.2, 0.25) is 0 Å². The predicted molar refractivity (Wildman–Crippen MR) is 85.0 cm³/mol. The van der Waals surface area contributed by atoms with Gasteiger partial charge in [0.15, 0.2) is 0 Å². The minimum atomic E-state index is -0.993. The number of piperidine rings is 1. The van der Waals surface area contributed by atoms with Crippen molar-refractivity contribution < 1.29 is 24.5 Å². The van der Waals surface area contributed by atoms with E-state index >= 15 is 0 Å². The standard InChI is InChI=1S/C17H29NO5/c1-5-13-12-7-6-11(19)8-10(12)9-14(15(20)21)18(13)16(22)23-17(2,3)4/h10-14,19H,5-9H2,1-4H3,(H,20,21)/t10-,11+,12-,13?,14+/m1/s1. The molecule has 2 N–H and O–H groups in total. The number of carbonyl (C=O) groups is 2. The number of aliphatic carboxylic acids is 1. The number of carboxylic acid groups (broad SMARTS) is 1. The highest BCUT2D eigenvalue weighted by Crippen LogP contribution is 2.43. The Balaban J connectivity index is 2.28. The Labute approximate surface area is 137 Å². The number of nitrogens with zero attached hydrogens (tertiary/aromatic N) is 1. The second-order valence-electron chi connectivity index (χ2n) is 7.84. The quantitative estimate of drug-likeness (QED) is 0.814. The highest BCUT2D eigenvalue weighted by atomic mass is 16.6. The summed E-state index contributed by atoms with van der Waals surface area (Å²) in [6.45, 7) is 7.33. The van der Waals surface area contributed by atoms with Crippen molar-refractivity contribution in [3.8, 4) is 0 Å². The van der Waals surface area contributed by atoms with Crippen LogP contribution in [0.3, 0.4) is 0 Å². The molecule has 1 aliphatic carbocycles. The van der Waals surface area contributed by atoms with Crippen molar-refractivity contribution >= 4 is 12.1 Å². The summed E-state index contributed by atoms with van der Waals surface area (Å²) in [6, 6.07) is -1.02. The van der Waals surface area contributed by atoms with Crippen LogP contribution in [0.5, 0.6) is 0 Å². The zero-order chi connectivity index (χ0) is 17.4. The molecule has 2 aliphatic rings. The molecule has 5 atom stereocenters. The van der Waals surface area contributed by atoms with E-state index in [-0.39, 0.29) is 24.0 Å². The van der Waals surface area contributed by atoms with Crippen molar-refractivity contribution in [2.45, 2.75) is 83.6 Å². The van der Waals surface area contributed by atoms with Crippen molar-refractivity contribution in [2.24, 2.45) is 11.8 Å². The van der Waals surface area contributed by atoms with Crippen molar-refractivity contribution in [3.05, 3.63) is 0 Å². The Morgan fingerprint density at radius 3 is 2.39 bits per heavy atom. The lowest BCUT2D eigenvalue weighted by atomic mass is 9.67. The van der Waals surface area contributed by atoms with Crippen LogP contribution in [0.15, 0.2) is 0 Å². The third kappa shape index (κ3) is 3.97. The van der Waals surface area contributed by atoms with Gasteiger partial charge in [-0.15, -0.1) is 0 Å². The number of carboxylic acids is 1. The van der Waals surface area contributed by atoms with Crippen LogP contribution in [-0.2, 0) is 9.53 Å². The lowest BCUT2D eigenvalue weighted by Crippen LogP contribution is -2.61. The van der Waals surface area contributed by atoms with E-state index in [4.69, 9.17) is 4.74 Å². The number of aliphatic hydroxyl groups is 1. The normalized spacial score (nSPS) is 34.7. The fourth-order valence-corrected chi connectivity index (χ4v) is 4.17. The summed E-state index contributed by atoms with van der Waals surface area (Å²) < 4.78 is 5.46. The first-order valence-corrected chi connectivity index (χ1v) is 8.56. The van der Waals surface area contributed by atoms with Gasteiger partial charge in [-0.2, -0.15) is 0 Å². The summed E-state index contributed by atoms with van der Waals surface area (Å²) in [4.78, 5) is 25.8. The minimum absolute atomic E-state index is 0.141. The SMILES string of the molecule is CCC1[C@@H]2CC[C@H](O)C[C@@H]2C[C@@H](C(=O)O)N1C(=O)OC(C)(C)C. The third-order valence-electron chi connectivity index (χ3n) is 5.03. The van der Waals surface area contributed by atoms with E-state index in [0.717, 1.165) is 12.8 Å². The van der Waals surface area contributed by atoms with Crippen LogP contribution in [0, 0.1) is 11.8 Å². The van der Waals surface area contributed by atoms with Crippen LogP contribution >= 0.6 is 0 Å². The molecule has 1 saturated heterocycles. The number of likely N-dealkylation sites (tertiary alicyclic amines) is 1. The number of hydrogen-bond acceptors (Lipinski definition) is 4. The molecule has 1 unspecified atom stereocenters. The molecule has 0 aromatic heterocycles. The number of aliphatic hydroxyl groups excluding tert-OH is 1. The maximum atomic E-state index is 12.6. The van der Waals surface area contributed by atoms with Crippen molar-refractivity contribution in [1.29, 1.82) is 0 Å². The van der Waals surface area contributed by atoms with Crippen LogP contribution in [0.25, 0.3) is 0 Å². The van der Waals surface area contributed by atoms with Gasteiger partial charge in [0.05, 0.1) is 6.10 Å². The summed E-state index contributed by atoms with van der Waals surface area (Å²) >= 11 is 0. The Kier molecular flexibility index (Phi) is 5.23. The van der Waals surface area contributed by atoms with Gasteiger partial charge in [0.2, 0.25) is 0 Å². The summed E-state index contributed by atoms with van der Waals surface area (Å²) in [5.74, 6) is -0.595. The van der Waals surface area contributed by atoms with Crippen LogP contribution in [-0.4, -0.2) is 51.0 Å². The van der Waals surface area contributed by atoms with Crippen LogP contribution < -0.4 is 0 Å². The molecule has 1 aliphatic heterocycles. The molecule has 0 radical (unpaired) electrons. The molecule has 0 bridgehead atoms. The molecule has 0 aromatic carbocycles. The molecule has 6 heteroatoms. The summed E-state index contributed by atoms with van der Waals surface area (Å²) in [5.41, 5.74) is -0.655. The Bertz CT molecular complexity index is 458. The first-order chi connectivity index (χ1) is 10.6. The van der Waals surface area contributed by atoms with Crippen molar-refractivity contribution in [3.63, 3.8) is 0 Å². The molecule has 0 spiro atoms. The fourth-order valence-electron chi connectivity index (χ4n) is 4.17. The first-order valence-electron chi connectivity index (χ1n) is 8.56. The molecule has 132 valence electrons. The zero-order valence-corrected chi connectivity index (χ0v) is 14.5. The highest BCUT2D eigenvalue weighted by Gasteiger charge is 2.49. The molecule has 0 aromatic rings. The number of carbonyl (C=O) groups excluding carboxylic acids is 1. The van der Waals surface area contributed by atoms with Gasteiger partial charge < -0.3 is 14.9 Å². The molecular formula is C17H29NO5. The second kappa shape index (κ2) is 6.67. The molecule has 23 heavy (non-hydrogen) atoms. The van der Waals surface area contributed by atoms with Gasteiger partial charge in [0.1, 0.15) is 11.6 Å².